The highest BCUT2D eigenvalue weighted by molar-refractivity contribution is 8.14. The molecule has 2 aromatic heterocycles. The van der Waals surface area contributed by atoms with Crippen LogP contribution in [0.1, 0.15) is 41.7 Å². The predicted molar refractivity (Wildman–Crippen MR) is 131 cm³/mol. The number of nitrogens with zero attached hydrogens (tertiary/aromatic N) is 2. The lowest BCUT2D eigenvalue weighted by molar-refractivity contribution is -0.121. The number of aliphatic hydroxyl groups is 1. The van der Waals surface area contributed by atoms with Gasteiger partial charge < -0.3 is 16.2 Å². The summed E-state index contributed by atoms with van der Waals surface area (Å²) in [4.78, 5) is 36.3. The van der Waals surface area contributed by atoms with Crippen LogP contribution in [0.15, 0.2) is 29.4 Å². The number of carbonyl (C=O) groups excluding carboxylic acids is 2. The van der Waals surface area contributed by atoms with Gasteiger partial charge in [-0.15, -0.1) is 11.3 Å². The van der Waals surface area contributed by atoms with Crippen LogP contribution in [0, 0.1) is 5.92 Å². The maximum absolute atomic E-state index is 12.2. The van der Waals surface area contributed by atoms with Gasteiger partial charge in [-0.3, -0.25) is 9.59 Å². The van der Waals surface area contributed by atoms with Crippen LogP contribution in [-0.4, -0.2) is 38.6 Å². The van der Waals surface area contributed by atoms with E-state index in [4.69, 9.17) is 10.8 Å². The van der Waals surface area contributed by atoms with Gasteiger partial charge in [-0.1, -0.05) is 17.8 Å². The summed E-state index contributed by atoms with van der Waals surface area (Å²) in [5.41, 5.74) is 9.15. The van der Waals surface area contributed by atoms with Crippen LogP contribution in [0.25, 0.3) is 10.2 Å². The average Bonchev–Trinajstić information content (AvgIpc) is 3.36. The Balaban J connectivity index is 1.32. The molecule has 0 saturated heterocycles. The zero-order valence-electron chi connectivity index (χ0n) is 18.2. The fourth-order valence-electron chi connectivity index (χ4n) is 4.68. The van der Waals surface area contributed by atoms with Crippen LogP contribution in [0.3, 0.4) is 0 Å². The number of aliphatic hydroxyl groups excluding tert-OH is 1. The molecule has 2 atom stereocenters. The van der Waals surface area contributed by atoms with Gasteiger partial charge in [-0.2, -0.15) is 0 Å². The molecule has 3 heterocycles. The monoisotopic (exact) mass is 482 g/mol. The van der Waals surface area contributed by atoms with Gasteiger partial charge in [0.05, 0.1) is 11.4 Å². The Morgan fingerprint density at radius 2 is 2.21 bits per heavy atom. The minimum atomic E-state index is -0.557. The number of nitrogens with two attached hydrogens (primary N) is 1. The summed E-state index contributed by atoms with van der Waals surface area (Å²) in [6.07, 6.45) is 6.62. The molecule has 2 aliphatic rings. The molecule has 0 radical (unpaired) electrons. The number of carbonyl (C=O) groups is 2. The van der Waals surface area contributed by atoms with Crippen molar-refractivity contribution in [3.8, 4) is 0 Å². The Morgan fingerprint density at radius 1 is 1.33 bits per heavy atom. The lowest BCUT2D eigenvalue weighted by atomic mass is 9.84. The summed E-state index contributed by atoms with van der Waals surface area (Å²) in [6, 6.07) is 5.47. The van der Waals surface area contributed by atoms with E-state index in [2.05, 4.69) is 15.3 Å². The quantitative estimate of drug-likeness (QED) is 0.444. The number of ketones is 1. The summed E-state index contributed by atoms with van der Waals surface area (Å²) in [7, 11) is 0. The molecule has 1 aliphatic carbocycles. The van der Waals surface area contributed by atoms with Gasteiger partial charge >= 0.3 is 0 Å². The van der Waals surface area contributed by atoms with Crippen molar-refractivity contribution in [1.29, 1.82) is 0 Å². The van der Waals surface area contributed by atoms with Crippen LogP contribution < -0.4 is 11.1 Å². The number of thioether (sulfide) groups is 1. The number of aromatic nitrogens is 2. The smallest absolute Gasteiger partial charge is 0.198 e. The first kappa shape index (κ1) is 22.5. The fourth-order valence-corrected chi connectivity index (χ4v) is 6.91. The van der Waals surface area contributed by atoms with E-state index in [1.807, 2.05) is 18.2 Å². The summed E-state index contributed by atoms with van der Waals surface area (Å²) < 4.78 is 0. The van der Waals surface area contributed by atoms with Crippen molar-refractivity contribution in [2.45, 2.75) is 55.9 Å². The molecule has 0 fully saturated rings. The van der Waals surface area contributed by atoms with Crippen LogP contribution in [0.4, 0.5) is 11.5 Å². The lowest BCUT2D eigenvalue weighted by Crippen LogP contribution is -2.31. The molecule has 1 aliphatic heterocycles. The molecule has 172 valence electrons. The van der Waals surface area contributed by atoms with Crippen molar-refractivity contribution in [2.75, 3.05) is 11.9 Å². The maximum Gasteiger partial charge on any atom is 0.198 e. The second-order valence-corrected chi connectivity index (χ2v) is 10.9. The number of fused-ring (bicyclic) bond motifs is 4. The van der Waals surface area contributed by atoms with E-state index in [0.717, 1.165) is 57.9 Å². The van der Waals surface area contributed by atoms with Gasteiger partial charge in [0.25, 0.3) is 0 Å². The Bertz CT molecular complexity index is 1230. The second-order valence-electron chi connectivity index (χ2n) is 8.74. The number of benzene rings is 1. The largest absolute Gasteiger partial charge is 0.396 e. The molecule has 0 saturated carbocycles. The minimum absolute atomic E-state index is 0.0396. The summed E-state index contributed by atoms with van der Waals surface area (Å²) in [5.74, 6) is 1.29. The van der Waals surface area contributed by atoms with Crippen LogP contribution in [-0.2, 0) is 28.9 Å². The highest BCUT2D eigenvalue weighted by atomic mass is 32.2. The first-order valence-electron chi connectivity index (χ1n) is 11.3. The van der Waals surface area contributed by atoms with Crippen molar-refractivity contribution in [1.82, 2.24) is 9.97 Å². The molecule has 5 rings (SSSR count). The molecular weight excluding hydrogens is 456 g/mol. The minimum Gasteiger partial charge on any atom is -0.396 e. The number of hydrogen-bond acceptors (Lipinski definition) is 9. The Hall–Kier alpha value is -2.33. The van der Waals surface area contributed by atoms with Gasteiger partial charge in [0.1, 0.15) is 22.8 Å². The van der Waals surface area contributed by atoms with Crippen molar-refractivity contribution < 1.29 is 14.7 Å². The van der Waals surface area contributed by atoms with Crippen molar-refractivity contribution >= 4 is 55.7 Å². The molecule has 0 amide bonds. The number of nitrogens with one attached hydrogen (secondary N) is 1. The van der Waals surface area contributed by atoms with Gasteiger partial charge in [0, 0.05) is 34.9 Å². The highest BCUT2D eigenvalue weighted by Gasteiger charge is 2.26. The van der Waals surface area contributed by atoms with Crippen LogP contribution in [0.5, 0.6) is 0 Å². The third-order valence-corrected chi connectivity index (χ3v) is 8.62. The molecule has 33 heavy (non-hydrogen) atoms. The third kappa shape index (κ3) is 4.68. The molecule has 0 bridgehead atoms. The molecule has 1 aromatic carbocycles. The summed E-state index contributed by atoms with van der Waals surface area (Å²) in [5, 5.41) is 13.7. The average molecular weight is 483 g/mol. The van der Waals surface area contributed by atoms with Gasteiger partial charge in [-0.05, 0) is 61.3 Å². The lowest BCUT2D eigenvalue weighted by Gasteiger charge is -2.22. The van der Waals surface area contributed by atoms with E-state index in [1.165, 1.54) is 22.2 Å². The zero-order valence-corrected chi connectivity index (χ0v) is 19.8. The van der Waals surface area contributed by atoms with Crippen LogP contribution >= 0.6 is 23.1 Å². The number of rotatable bonds is 8. The molecule has 0 spiro atoms. The zero-order chi connectivity index (χ0) is 22.9. The second kappa shape index (κ2) is 9.50. The topological polar surface area (TPSA) is 118 Å². The first-order chi connectivity index (χ1) is 16.0. The summed E-state index contributed by atoms with van der Waals surface area (Å²) in [6.45, 7) is -0.0543. The molecule has 9 heteroatoms. The van der Waals surface area contributed by atoms with Crippen molar-refractivity contribution in [2.24, 2.45) is 11.7 Å². The maximum atomic E-state index is 12.2. The van der Waals surface area contributed by atoms with E-state index >= 15 is 0 Å². The van der Waals surface area contributed by atoms with E-state index in [0.29, 0.717) is 25.2 Å². The highest BCUT2D eigenvalue weighted by Crippen LogP contribution is 2.42. The van der Waals surface area contributed by atoms with Gasteiger partial charge in [0.15, 0.2) is 5.12 Å². The van der Waals surface area contributed by atoms with Crippen molar-refractivity contribution in [3.63, 3.8) is 0 Å². The number of thiophene rings is 1. The van der Waals surface area contributed by atoms with E-state index in [-0.39, 0.29) is 17.5 Å². The number of anilines is 2. The number of Topliss-reactive ketones (excluding diaryl/α,β-unsaturated/α-hetero) is 1. The normalized spacial score (nSPS) is 18.2. The van der Waals surface area contributed by atoms with Crippen LogP contribution in [0.2, 0.25) is 0 Å². The SMILES string of the molecule is N[C@@H](CCO)C(=O)CCC1CCc2c(sc3ncnc(Nc4ccc5c(c4)SC(=O)C5)c23)C1. The molecule has 7 nitrogen and oxygen atoms in total. The first-order valence-corrected chi connectivity index (χ1v) is 12.9. The molecule has 1 unspecified atom stereocenters. The Morgan fingerprint density at radius 3 is 3.06 bits per heavy atom. The van der Waals surface area contributed by atoms with E-state index < -0.39 is 6.04 Å². The van der Waals surface area contributed by atoms with Gasteiger partial charge in [-0.25, -0.2) is 9.97 Å². The molecule has 3 aromatic rings. The molecule has 4 N–H and O–H groups in total. The number of aryl methyl sites for hydroxylation is 1. The predicted octanol–water partition coefficient (Wildman–Crippen LogP) is 3.77. The van der Waals surface area contributed by atoms with E-state index in [9.17, 15) is 9.59 Å². The number of hydrogen-bond donors (Lipinski definition) is 3. The third-order valence-electron chi connectivity index (χ3n) is 6.49. The Labute approximate surface area is 200 Å². The standard InChI is InChI=1S/C24H26N4O3S2/c25-17(7-8-29)18(30)6-2-13-1-5-16-20(9-13)33-24-22(16)23(26-12-27-24)28-15-4-3-14-10-21(31)32-19(14)11-15/h3-4,11-13,17,29H,1-2,5-10,25H2,(H,26,27,28)/t13?,17-/m0/s1. The molecular formula is C24H26N4O3S2. The van der Waals surface area contributed by atoms with E-state index in [1.54, 1.807) is 17.7 Å². The van der Waals surface area contributed by atoms with Gasteiger partial charge in [0.2, 0.25) is 0 Å². The Kier molecular flexibility index (Phi) is 6.47. The fraction of sp³-hybridized carbons (Fsp3) is 0.417. The summed E-state index contributed by atoms with van der Waals surface area (Å²) >= 11 is 3.02. The van der Waals surface area contributed by atoms with Crippen molar-refractivity contribution in [3.05, 3.63) is 40.5 Å².